The number of fused-ring (bicyclic) bond motifs is 1. The van der Waals surface area contributed by atoms with Crippen LogP contribution in [0, 0.1) is 12.8 Å². The first-order valence-electron chi connectivity index (χ1n) is 7.27. The SMILES string of the molecule is COc1ccc2cc(C(=O)N(C)CC(C)C(=O)O)c(C)nc2c1. The van der Waals surface area contributed by atoms with E-state index in [0.29, 0.717) is 17.0 Å². The number of carboxylic acids is 1. The molecule has 0 fully saturated rings. The lowest BCUT2D eigenvalue weighted by Gasteiger charge is -2.20. The molecule has 0 aliphatic heterocycles. The van der Waals surface area contributed by atoms with Gasteiger partial charge in [-0.1, -0.05) is 6.92 Å². The summed E-state index contributed by atoms with van der Waals surface area (Å²) in [4.78, 5) is 29.4. The van der Waals surface area contributed by atoms with E-state index in [1.54, 1.807) is 34.1 Å². The Balaban J connectivity index is 2.33. The van der Waals surface area contributed by atoms with E-state index in [0.717, 1.165) is 10.9 Å². The van der Waals surface area contributed by atoms with Crippen LogP contribution in [0.15, 0.2) is 24.3 Å². The fourth-order valence-corrected chi connectivity index (χ4v) is 2.36. The third-order valence-electron chi connectivity index (χ3n) is 3.76. The Hall–Kier alpha value is -2.63. The lowest BCUT2D eigenvalue weighted by molar-refractivity contribution is -0.141. The Bertz CT molecular complexity index is 758. The molecule has 6 nitrogen and oxygen atoms in total. The lowest BCUT2D eigenvalue weighted by Crippen LogP contribution is -2.34. The number of rotatable bonds is 5. The number of aliphatic carboxylic acids is 1. The Labute approximate surface area is 134 Å². The molecule has 1 amide bonds. The summed E-state index contributed by atoms with van der Waals surface area (Å²) in [7, 11) is 3.18. The molecule has 2 rings (SSSR count). The predicted octanol–water partition coefficient (Wildman–Crippen LogP) is 2.34. The van der Waals surface area contributed by atoms with Gasteiger partial charge in [-0.05, 0) is 25.1 Å². The molecule has 0 bridgehead atoms. The van der Waals surface area contributed by atoms with Crippen LogP contribution in [0.5, 0.6) is 5.75 Å². The van der Waals surface area contributed by atoms with E-state index in [2.05, 4.69) is 4.98 Å². The van der Waals surface area contributed by atoms with Crippen LogP contribution in [-0.2, 0) is 4.79 Å². The zero-order chi connectivity index (χ0) is 17.1. The van der Waals surface area contributed by atoms with Gasteiger partial charge in [-0.25, -0.2) is 0 Å². The second-order valence-electron chi connectivity index (χ2n) is 5.60. The van der Waals surface area contributed by atoms with Crippen LogP contribution in [0.25, 0.3) is 10.9 Å². The van der Waals surface area contributed by atoms with Crippen molar-refractivity contribution in [2.45, 2.75) is 13.8 Å². The van der Waals surface area contributed by atoms with E-state index in [4.69, 9.17) is 9.84 Å². The molecule has 1 aromatic carbocycles. The van der Waals surface area contributed by atoms with Crippen LogP contribution in [0.3, 0.4) is 0 Å². The van der Waals surface area contributed by atoms with Crippen molar-refractivity contribution in [2.24, 2.45) is 5.92 Å². The minimum atomic E-state index is -0.926. The highest BCUT2D eigenvalue weighted by Crippen LogP contribution is 2.22. The number of pyridine rings is 1. The Morgan fingerprint density at radius 3 is 2.65 bits per heavy atom. The maximum atomic E-state index is 12.6. The number of nitrogens with zero attached hydrogens (tertiary/aromatic N) is 2. The summed E-state index contributed by atoms with van der Waals surface area (Å²) in [5.74, 6) is -1.08. The number of benzene rings is 1. The summed E-state index contributed by atoms with van der Waals surface area (Å²) >= 11 is 0. The van der Waals surface area contributed by atoms with Gasteiger partial charge in [-0.15, -0.1) is 0 Å². The highest BCUT2D eigenvalue weighted by Gasteiger charge is 2.20. The van der Waals surface area contributed by atoms with E-state index in [1.807, 2.05) is 18.2 Å². The van der Waals surface area contributed by atoms with Gasteiger partial charge in [-0.3, -0.25) is 14.6 Å². The third-order valence-corrected chi connectivity index (χ3v) is 3.76. The van der Waals surface area contributed by atoms with Crippen LogP contribution in [0.4, 0.5) is 0 Å². The molecule has 0 saturated heterocycles. The highest BCUT2D eigenvalue weighted by atomic mass is 16.5. The summed E-state index contributed by atoms with van der Waals surface area (Å²) in [6.45, 7) is 3.48. The Morgan fingerprint density at radius 2 is 2.04 bits per heavy atom. The van der Waals surface area contributed by atoms with Gasteiger partial charge in [0.05, 0.1) is 29.8 Å². The van der Waals surface area contributed by atoms with E-state index in [1.165, 1.54) is 4.90 Å². The summed E-state index contributed by atoms with van der Waals surface area (Å²) in [6.07, 6.45) is 0. The van der Waals surface area contributed by atoms with Crippen molar-refractivity contribution in [3.63, 3.8) is 0 Å². The molecule has 1 heterocycles. The molecule has 0 aliphatic carbocycles. The van der Waals surface area contributed by atoms with Crippen LogP contribution < -0.4 is 4.74 Å². The van der Waals surface area contributed by atoms with E-state index >= 15 is 0 Å². The number of carbonyl (C=O) groups excluding carboxylic acids is 1. The second kappa shape index (κ2) is 6.64. The van der Waals surface area contributed by atoms with Crippen molar-refractivity contribution in [3.8, 4) is 5.75 Å². The molecule has 1 N–H and O–H groups in total. The molecule has 1 aromatic heterocycles. The van der Waals surface area contributed by atoms with Gasteiger partial charge in [0.15, 0.2) is 0 Å². The molecular weight excluding hydrogens is 296 g/mol. The summed E-state index contributed by atoms with van der Waals surface area (Å²) in [5, 5.41) is 9.80. The maximum Gasteiger partial charge on any atom is 0.308 e. The number of ether oxygens (including phenoxy) is 1. The monoisotopic (exact) mass is 316 g/mol. The van der Waals surface area contributed by atoms with Crippen molar-refractivity contribution >= 4 is 22.8 Å². The normalized spacial score (nSPS) is 12.0. The zero-order valence-electron chi connectivity index (χ0n) is 13.7. The third kappa shape index (κ3) is 3.59. The molecule has 0 aliphatic rings. The highest BCUT2D eigenvalue weighted by molar-refractivity contribution is 5.98. The van der Waals surface area contributed by atoms with Crippen molar-refractivity contribution in [2.75, 3.05) is 20.7 Å². The van der Waals surface area contributed by atoms with Gasteiger partial charge in [-0.2, -0.15) is 0 Å². The molecule has 2 aromatic rings. The first-order chi connectivity index (χ1) is 10.8. The standard InChI is InChI=1S/C17H20N2O4/c1-10(17(21)22)9-19(3)16(20)14-7-12-5-6-13(23-4)8-15(12)18-11(14)2/h5-8,10H,9H2,1-4H3,(H,21,22). The number of amides is 1. The number of methoxy groups -OCH3 is 1. The van der Waals surface area contributed by atoms with Crippen LogP contribution in [0.2, 0.25) is 0 Å². The molecule has 23 heavy (non-hydrogen) atoms. The quantitative estimate of drug-likeness (QED) is 0.916. The topological polar surface area (TPSA) is 79.7 Å². The first kappa shape index (κ1) is 16.7. The molecular formula is C17H20N2O4. The summed E-state index contributed by atoms with van der Waals surface area (Å²) in [6, 6.07) is 7.25. The zero-order valence-corrected chi connectivity index (χ0v) is 13.7. The van der Waals surface area contributed by atoms with Crippen molar-refractivity contribution in [1.82, 2.24) is 9.88 Å². The van der Waals surface area contributed by atoms with Crippen LogP contribution in [0.1, 0.15) is 23.0 Å². The van der Waals surface area contributed by atoms with Crippen LogP contribution >= 0.6 is 0 Å². The predicted molar refractivity (Wildman–Crippen MR) is 86.8 cm³/mol. The minimum Gasteiger partial charge on any atom is -0.497 e. The average Bonchev–Trinajstić information content (AvgIpc) is 2.52. The molecule has 1 unspecified atom stereocenters. The van der Waals surface area contributed by atoms with E-state index in [9.17, 15) is 9.59 Å². The van der Waals surface area contributed by atoms with Gasteiger partial charge in [0.2, 0.25) is 0 Å². The molecule has 1 atom stereocenters. The van der Waals surface area contributed by atoms with E-state index in [-0.39, 0.29) is 12.5 Å². The van der Waals surface area contributed by atoms with Gasteiger partial charge in [0.25, 0.3) is 5.91 Å². The van der Waals surface area contributed by atoms with Gasteiger partial charge < -0.3 is 14.7 Å². The smallest absolute Gasteiger partial charge is 0.308 e. The summed E-state index contributed by atoms with van der Waals surface area (Å²) < 4.78 is 5.17. The number of hydrogen-bond donors (Lipinski definition) is 1. The van der Waals surface area contributed by atoms with Crippen molar-refractivity contribution < 1.29 is 19.4 Å². The number of carbonyl (C=O) groups is 2. The van der Waals surface area contributed by atoms with Gasteiger partial charge in [0.1, 0.15) is 5.75 Å². The fourth-order valence-electron chi connectivity index (χ4n) is 2.36. The molecule has 6 heteroatoms. The maximum absolute atomic E-state index is 12.6. The largest absolute Gasteiger partial charge is 0.497 e. The van der Waals surface area contributed by atoms with E-state index < -0.39 is 11.9 Å². The number of carboxylic acid groups (broad SMARTS) is 1. The minimum absolute atomic E-state index is 0.147. The van der Waals surface area contributed by atoms with Crippen molar-refractivity contribution in [3.05, 3.63) is 35.5 Å². The number of hydrogen-bond acceptors (Lipinski definition) is 4. The number of aromatic nitrogens is 1. The Kier molecular flexibility index (Phi) is 4.83. The molecule has 0 saturated carbocycles. The first-order valence-corrected chi connectivity index (χ1v) is 7.27. The average molecular weight is 316 g/mol. The van der Waals surface area contributed by atoms with Crippen molar-refractivity contribution in [1.29, 1.82) is 0 Å². The molecule has 0 radical (unpaired) electrons. The van der Waals surface area contributed by atoms with Gasteiger partial charge in [0, 0.05) is 25.0 Å². The second-order valence-corrected chi connectivity index (χ2v) is 5.60. The lowest BCUT2D eigenvalue weighted by atomic mass is 10.1. The van der Waals surface area contributed by atoms with Gasteiger partial charge >= 0.3 is 5.97 Å². The fraction of sp³-hybridized carbons (Fsp3) is 0.353. The summed E-state index contributed by atoms with van der Waals surface area (Å²) in [5.41, 5.74) is 1.83. The number of aryl methyl sites for hydroxylation is 1. The Morgan fingerprint density at radius 1 is 1.35 bits per heavy atom. The molecule has 122 valence electrons. The molecule has 0 spiro atoms. The van der Waals surface area contributed by atoms with Crippen LogP contribution in [-0.4, -0.2) is 47.6 Å².